The van der Waals surface area contributed by atoms with E-state index in [4.69, 9.17) is 16.3 Å². The van der Waals surface area contributed by atoms with E-state index in [1.54, 1.807) is 19.3 Å². The average Bonchev–Trinajstić information content (AvgIpc) is 2.76. The Balaban J connectivity index is 1.56. The van der Waals surface area contributed by atoms with E-state index in [0.717, 1.165) is 43.1 Å². The van der Waals surface area contributed by atoms with Gasteiger partial charge in [-0.1, -0.05) is 29.8 Å². The lowest BCUT2D eigenvalue weighted by atomic mass is 10.0. The number of aromatic nitrogens is 1. The highest BCUT2D eigenvalue weighted by Gasteiger charge is 2.23. The van der Waals surface area contributed by atoms with Gasteiger partial charge in [0.15, 0.2) is 5.96 Å². The van der Waals surface area contributed by atoms with Crippen LogP contribution in [-0.4, -0.2) is 62.3 Å². The number of halogens is 2. The Labute approximate surface area is 176 Å². The van der Waals surface area contributed by atoms with Gasteiger partial charge in [-0.2, -0.15) is 0 Å². The summed E-state index contributed by atoms with van der Waals surface area (Å²) in [4.78, 5) is 10.8. The number of benzene rings is 1. The lowest BCUT2D eigenvalue weighted by Gasteiger charge is -2.35. The zero-order valence-corrected chi connectivity index (χ0v) is 17.3. The van der Waals surface area contributed by atoms with Gasteiger partial charge in [0.05, 0.1) is 19.3 Å². The van der Waals surface area contributed by atoms with Crippen molar-refractivity contribution in [2.24, 2.45) is 4.99 Å². The van der Waals surface area contributed by atoms with Crippen LogP contribution in [0.5, 0.6) is 0 Å². The highest BCUT2D eigenvalue weighted by Crippen LogP contribution is 2.21. The summed E-state index contributed by atoms with van der Waals surface area (Å²) in [7, 11) is 1.75. The molecule has 1 unspecified atom stereocenters. The van der Waals surface area contributed by atoms with Crippen molar-refractivity contribution in [2.75, 3.05) is 46.4 Å². The van der Waals surface area contributed by atoms with Crippen molar-refractivity contribution in [3.8, 4) is 0 Å². The van der Waals surface area contributed by atoms with Gasteiger partial charge in [-0.15, -0.1) is 0 Å². The molecule has 1 aromatic heterocycles. The van der Waals surface area contributed by atoms with Crippen LogP contribution in [-0.2, 0) is 11.2 Å². The number of hydrogen-bond acceptors (Lipinski definition) is 4. The third kappa shape index (κ3) is 6.66. The lowest BCUT2D eigenvalue weighted by molar-refractivity contribution is 0.0170. The fourth-order valence-corrected chi connectivity index (χ4v) is 3.44. The number of nitrogens with one attached hydrogen (secondary N) is 2. The van der Waals surface area contributed by atoms with E-state index < -0.39 is 0 Å². The Hall–Kier alpha value is -2.22. The summed E-state index contributed by atoms with van der Waals surface area (Å²) in [6.45, 7) is 4.49. The number of rotatable bonds is 7. The Morgan fingerprint density at radius 2 is 1.97 bits per heavy atom. The van der Waals surface area contributed by atoms with Gasteiger partial charge in [-0.25, -0.2) is 9.37 Å². The number of hydrogen-bond donors (Lipinski definition) is 2. The monoisotopic (exact) mass is 419 g/mol. The van der Waals surface area contributed by atoms with Crippen LogP contribution in [0.2, 0.25) is 5.15 Å². The molecule has 156 valence electrons. The van der Waals surface area contributed by atoms with Crippen LogP contribution in [0.25, 0.3) is 0 Å². The van der Waals surface area contributed by atoms with E-state index in [9.17, 15) is 4.39 Å². The van der Waals surface area contributed by atoms with Crippen molar-refractivity contribution in [3.05, 3.63) is 64.7 Å². The summed E-state index contributed by atoms with van der Waals surface area (Å²) in [5.41, 5.74) is 2.18. The SMILES string of the molecule is CN=C(NCCc1ccc(Cl)nc1)NCC(c1ccc(F)cc1)N1CCOCC1. The van der Waals surface area contributed by atoms with Crippen LogP contribution in [0.1, 0.15) is 17.2 Å². The molecule has 2 heterocycles. The van der Waals surface area contributed by atoms with Crippen LogP contribution < -0.4 is 10.6 Å². The zero-order chi connectivity index (χ0) is 20.5. The minimum atomic E-state index is -0.225. The van der Waals surface area contributed by atoms with Crippen LogP contribution in [0.15, 0.2) is 47.6 Å². The van der Waals surface area contributed by atoms with Gasteiger partial charge < -0.3 is 15.4 Å². The molecule has 2 N–H and O–H groups in total. The molecule has 6 nitrogen and oxygen atoms in total. The van der Waals surface area contributed by atoms with Crippen molar-refractivity contribution < 1.29 is 9.13 Å². The first-order chi connectivity index (χ1) is 14.2. The van der Waals surface area contributed by atoms with Gasteiger partial charge in [0, 0.05) is 39.4 Å². The quantitative estimate of drug-likeness (QED) is 0.410. The molecule has 8 heteroatoms. The van der Waals surface area contributed by atoms with Crippen LogP contribution >= 0.6 is 11.6 Å². The Morgan fingerprint density at radius 1 is 1.21 bits per heavy atom. The summed E-state index contributed by atoms with van der Waals surface area (Å²) in [5, 5.41) is 7.22. The molecule has 0 bridgehead atoms. The summed E-state index contributed by atoms with van der Waals surface area (Å²) in [6.07, 6.45) is 2.60. The molecule has 0 amide bonds. The van der Waals surface area contributed by atoms with E-state index >= 15 is 0 Å². The third-order valence-corrected chi connectivity index (χ3v) is 5.15. The maximum absolute atomic E-state index is 13.4. The van der Waals surface area contributed by atoms with Gasteiger partial charge in [0.25, 0.3) is 0 Å². The van der Waals surface area contributed by atoms with E-state index in [1.807, 2.05) is 18.2 Å². The fraction of sp³-hybridized carbons (Fsp3) is 0.429. The summed E-state index contributed by atoms with van der Waals surface area (Å²) >= 11 is 5.82. The second-order valence-electron chi connectivity index (χ2n) is 6.83. The Kier molecular flexibility index (Phi) is 8.22. The number of ether oxygens (including phenoxy) is 1. The first-order valence-electron chi connectivity index (χ1n) is 9.78. The molecular weight excluding hydrogens is 393 g/mol. The van der Waals surface area contributed by atoms with Gasteiger partial charge >= 0.3 is 0 Å². The fourth-order valence-electron chi connectivity index (χ4n) is 3.33. The van der Waals surface area contributed by atoms with E-state index in [1.165, 1.54) is 12.1 Å². The lowest BCUT2D eigenvalue weighted by Crippen LogP contribution is -2.46. The van der Waals surface area contributed by atoms with Crippen LogP contribution in [0.4, 0.5) is 4.39 Å². The van der Waals surface area contributed by atoms with Crippen LogP contribution in [0.3, 0.4) is 0 Å². The predicted octanol–water partition coefficient (Wildman–Crippen LogP) is 2.66. The molecule has 29 heavy (non-hydrogen) atoms. The van der Waals surface area contributed by atoms with Gasteiger partial charge in [0.1, 0.15) is 11.0 Å². The van der Waals surface area contributed by atoms with E-state index in [2.05, 4.69) is 25.5 Å². The van der Waals surface area contributed by atoms with E-state index in [0.29, 0.717) is 24.9 Å². The second kappa shape index (κ2) is 11.1. The van der Waals surface area contributed by atoms with Gasteiger partial charge in [-0.05, 0) is 35.7 Å². The van der Waals surface area contributed by atoms with Crippen molar-refractivity contribution in [1.82, 2.24) is 20.5 Å². The average molecular weight is 420 g/mol. The molecule has 1 fully saturated rings. The molecule has 0 radical (unpaired) electrons. The maximum atomic E-state index is 13.4. The highest BCUT2D eigenvalue weighted by atomic mass is 35.5. The summed E-state index contributed by atoms with van der Waals surface area (Å²) in [6, 6.07) is 10.6. The topological polar surface area (TPSA) is 61.8 Å². The second-order valence-corrected chi connectivity index (χ2v) is 7.22. The third-order valence-electron chi connectivity index (χ3n) is 4.92. The Morgan fingerprint density at radius 3 is 2.62 bits per heavy atom. The number of guanidine groups is 1. The molecular formula is C21H27ClFN5O. The summed E-state index contributed by atoms with van der Waals surface area (Å²) in [5.74, 6) is 0.504. The van der Waals surface area contributed by atoms with Crippen molar-refractivity contribution in [2.45, 2.75) is 12.5 Å². The Bertz CT molecular complexity index is 779. The predicted molar refractivity (Wildman–Crippen MR) is 114 cm³/mol. The molecule has 3 rings (SSSR count). The molecule has 0 spiro atoms. The first kappa shape index (κ1) is 21.5. The molecule has 1 aliphatic heterocycles. The first-order valence-corrected chi connectivity index (χ1v) is 10.2. The molecule has 0 saturated carbocycles. The number of morpholine rings is 1. The minimum Gasteiger partial charge on any atom is -0.379 e. The number of aliphatic imine (C=N–C) groups is 1. The smallest absolute Gasteiger partial charge is 0.191 e. The van der Waals surface area contributed by atoms with E-state index in [-0.39, 0.29) is 11.9 Å². The normalized spacial score (nSPS) is 16.4. The van der Waals surface area contributed by atoms with Crippen molar-refractivity contribution in [3.63, 3.8) is 0 Å². The van der Waals surface area contributed by atoms with Crippen LogP contribution in [0, 0.1) is 5.82 Å². The molecule has 1 aliphatic rings. The largest absolute Gasteiger partial charge is 0.379 e. The number of pyridine rings is 1. The van der Waals surface area contributed by atoms with Crippen molar-refractivity contribution in [1.29, 1.82) is 0 Å². The molecule has 1 atom stereocenters. The molecule has 1 saturated heterocycles. The summed E-state index contributed by atoms with van der Waals surface area (Å²) < 4.78 is 18.9. The molecule has 2 aromatic rings. The minimum absolute atomic E-state index is 0.110. The molecule has 1 aromatic carbocycles. The van der Waals surface area contributed by atoms with Gasteiger partial charge in [-0.3, -0.25) is 9.89 Å². The highest BCUT2D eigenvalue weighted by molar-refractivity contribution is 6.29. The molecule has 0 aliphatic carbocycles. The van der Waals surface area contributed by atoms with Crippen molar-refractivity contribution >= 4 is 17.6 Å². The maximum Gasteiger partial charge on any atom is 0.191 e. The standard InChI is InChI=1S/C21H27ClFN5O/c1-24-21(25-9-8-16-2-7-20(22)26-14-16)27-15-19(28-10-12-29-13-11-28)17-3-5-18(23)6-4-17/h2-7,14,19H,8-13,15H2,1H3,(H2,24,25,27). The van der Waals surface area contributed by atoms with Gasteiger partial charge in [0.2, 0.25) is 0 Å². The zero-order valence-electron chi connectivity index (χ0n) is 16.6. The number of nitrogens with zero attached hydrogens (tertiary/aromatic N) is 3.